The molecule has 1 heterocycles. The normalized spacial score (nSPS) is 22.1. The molecule has 0 aromatic rings. The molecule has 0 spiro atoms. The summed E-state index contributed by atoms with van der Waals surface area (Å²) in [5.41, 5.74) is 0. The van der Waals surface area contributed by atoms with Crippen molar-refractivity contribution in [2.45, 2.75) is 18.9 Å². The largest absolute Gasteiger partial charge is 0.393 e. The first kappa shape index (κ1) is 9.18. The molecule has 1 aliphatic rings. The van der Waals surface area contributed by atoms with Gasteiger partial charge in [0, 0.05) is 51.0 Å². The van der Waals surface area contributed by atoms with Crippen LogP contribution in [0.5, 0.6) is 0 Å². The Balaban J connectivity index is 0.000000490. The molecule has 50 valence electrons. The van der Waals surface area contributed by atoms with Crippen molar-refractivity contribution in [2.24, 2.45) is 0 Å². The second kappa shape index (κ2) is 5.00. The summed E-state index contributed by atoms with van der Waals surface area (Å²) in [6, 6.07) is 0. The van der Waals surface area contributed by atoms with Crippen LogP contribution in [-0.4, -0.2) is 24.4 Å². The molecule has 0 unspecified atom stereocenters. The molecule has 0 aromatic heterocycles. The molecule has 0 aromatic carbocycles. The Hall–Kier alpha value is 1.18. The maximum absolute atomic E-state index is 8.83. The number of ether oxygens (including phenoxy) is 1. The van der Waals surface area contributed by atoms with Crippen molar-refractivity contribution in [2.75, 3.05) is 13.2 Å². The zero-order chi connectivity index (χ0) is 5.11. The van der Waals surface area contributed by atoms with Crippen LogP contribution in [0.15, 0.2) is 0 Å². The van der Waals surface area contributed by atoms with E-state index >= 15 is 0 Å². The fraction of sp³-hybridized carbons (Fsp3) is 1.00. The van der Waals surface area contributed by atoms with Gasteiger partial charge in [-0.15, -0.1) is 0 Å². The number of aliphatic hydroxyl groups is 1. The third kappa shape index (κ3) is 3.25. The molecule has 0 aliphatic carbocycles. The molecular formula is C5H10ArO2. The van der Waals surface area contributed by atoms with Gasteiger partial charge in [-0.1, -0.05) is 0 Å². The second-order valence-electron chi connectivity index (χ2n) is 1.84. The van der Waals surface area contributed by atoms with Gasteiger partial charge in [0.15, 0.2) is 0 Å². The van der Waals surface area contributed by atoms with Crippen LogP contribution in [0, 0.1) is 37.7 Å². The minimum atomic E-state index is -0.0891. The van der Waals surface area contributed by atoms with E-state index in [1.54, 1.807) is 0 Å². The first-order chi connectivity index (χ1) is 3.39. The van der Waals surface area contributed by atoms with E-state index in [0.29, 0.717) is 0 Å². The predicted octanol–water partition coefficient (Wildman–Crippen LogP) is 0.158. The molecule has 2 nitrogen and oxygen atoms in total. The average Bonchev–Trinajstić information content (AvgIpc) is 1.69. The van der Waals surface area contributed by atoms with Crippen molar-refractivity contribution in [3.05, 3.63) is 0 Å². The molecule has 0 atom stereocenters. The van der Waals surface area contributed by atoms with Crippen molar-refractivity contribution >= 4 is 0 Å². The average molecular weight is 142 g/mol. The van der Waals surface area contributed by atoms with E-state index in [1.807, 2.05) is 0 Å². The molecule has 0 radical (unpaired) electrons. The van der Waals surface area contributed by atoms with Crippen LogP contribution in [0.1, 0.15) is 12.8 Å². The van der Waals surface area contributed by atoms with Crippen LogP contribution in [0.2, 0.25) is 0 Å². The van der Waals surface area contributed by atoms with Crippen molar-refractivity contribution in [3.8, 4) is 0 Å². The van der Waals surface area contributed by atoms with Crippen LogP contribution in [0.4, 0.5) is 0 Å². The monoisotopic (exact) mass is 142 g/mol. The summed E-state index contributed by atoms with van der Waals surface area (Å²) in [7, 11) is 0. The fourth-order valence-corrected chi connectivity index (χ4v) is 0.685. The maximum atomic E-state index is 8.83. The zero-order valence-electron chi connectivity index (χ0n) is 4.61. The Kier molecular flexibility index (Phi) is 5.74. The summed E-state index contributed by atoms with van der Waals surface area (Å²) < 4.78 is 4.98. The molecular weight excluding hydrogens is 132 g/mol. The minimum Gasteiger partial charge on any atom is -0.393 e. The van der Waals surface area contributed by atoms with Gasteiger partial charge in [0.2, 0.25) is 0 Å². The predicted molar refractivity (Wildman–Crippen MR) is 26.1 cm³/mol. The molecule has 1 saturated heterocycles. The second-order valence-corrected chi connectivity index (χ2v) is 1.84. The third-order valence-corrected chi connectivity index (χ3v) is 1.19. The van der Waals surface area contributed by atoms with Gasteiger partial charge in [0.25, 0.3) is 0 Å². The third-order valence-electron chi connectivity index (χ3n) is 1.19. The summed E-state index contributed by atoms with van der Waals surface area (Å²) in [5.74, 6) is 0. The van der Waals surface area contributed by atoms with E-state index in [0.717, 1.165) is 26.1 Å². The Morgan fingerprint density at radius 3 is 2.00 bits per heavy atom. The first-order valence-electron chi connectivity index (χ1n) is 2.65. The number of aliphatic hydroxyl groups excluding tert-OH is 1. The summed E-state index contributed by atoms with van der Waals surface area (Å²) in [6.45, 7) is 1.47. The van der Waals surface area contributed by atoms with Gasteiger partial charge in [-0.25, -0.2) is 0 Å². The van der Waals surface area contributed by atoms with Crippen molar-refractivity contribution in [1.82, 2.24) is 0 Å². The van der Waals surface area contributed by atoms with Crippen molar-refractivity contribution in [1.29, 1.82) is 0 Å². The van der Waals surface area contributed by atoms with E-state index in [2.05, 4.69) is 0 Å². The van der Waals surface area contributed by atoms with Crippen molar-refractivity contribution < 1.29 is 47.6 Å². The van der Waals surface area contributed by atoms with Gasteiger partial charge >= 0.3 is 0 Å². The number of rotatable bonds is 0. The molecule has 1 N–H and O–H groups in total. The van der Waals surface area contributed by atoms with Crippen LogP contribution < -0.4 is 0 Å². The van der Waals surface area contributed by atoms with Gasteiger partial charge in [0.1, 0.15) is 0 Å². The summed E-state index contributed by atoms with van der Waals surface area (Å²) in [6.07, 6.45) is 1.55. The number of hydrogen-bond acceptors (Lipinski definition) is 2. The SMILES string of the molecule is OC1CCOCC1.[Ar]. The van der Waals surface area contributed by atoms with Gasteiger partial charge in [-0.05, 0) is 12.8 Å². The first-order valence-corrected chi connectivity index (χ1v) is 2.65. The molecule has 0 bridgehead atoms. The van der Waals surface area contributed by atoms with E-state index in [9.17, 15) is 0 Å². The summed E-state index contributed by atoms with van der Waals surface area (Å²) in [4.78, 5) is 0. The molecule has 1 rings (SSSR count). The summed E-state index contributed by atoms with van der Waals surface area (Å²) >= 11 is 0. The van der Waals surface area contributed by atoms with E-state index in [4.69, 9.17) is 9.84 Å². The van der Waals surface area contributed by atoms with Crippen LogP contribution >= 0.6 is 0 Å². The molecule has 3 heteroatoms. The molecule has 1 fully saturated rings. The number of hydrogen-bond donors (Lipinski definition) is 1. The molecule has 8 heavy (non-hydrogen) atoms. The van der Waals surface area contributed by atoms with Gasteiger partial charge in [-0.2, -0.15) is 0 Å². The van der Waals surface area contributed by atoms with Crippen LogP contribution in [0.3, 0.4) is 0 Å². The Labute approximate surface area is 79.2 Å². The Bertz CT molecular complexity index is 52.4. The molecule has 0 saturated carbocycles. The van der Waals surface area contributed by atoms with E-state index in [1.165, 1.54) is 0 Å². The zero-order valence-corrected chi connectivity index (χ0v) is 5.32. The van der Waals surface area contributed by atoms with E-state index in [-0.39, 0.29) is 43.8 Å². The Morgan fingerprint density at radius 1 is 1.25 bits per heavy atom. The summed E-state index contributed by atoms with van der Waals surface area (Å²) in [5, 5.41) is 8.83. The molecule has 1 aliphatic heterocycles. The molecule has 0 amide bonds. The smallest absolute Gasteiger partial charge is 0.0584 e. The standard InChI is InChI=1S/C5H10O2.Ar/c6-5-1-3-7-4-2-5;/h5-6H,1-4H2;. The van der Waals surface area contributed by atoms with Crippen LogP contribution in [-0.2, 0) is 4.74 Å². The quantitative estimate of drug-likeness (QED) is 0.522. The van der Waals surface area contributed by atoms with Crippen molar-refractivity contribution in [3.63, 3.8) is 0 Å². The van der Waals surface area contributed by atoms with Crippen LogP contribution in [0.25, 0.3) is 0 Å². The topological polar surface area (TPSA) is 29.5 Å². The maximum Gasteiger partial charge on any atom is 0.0584 e. The van der Waals surface area contributed by atoms with E-state index < -0.39 is 0 Å². The fourth-order valence-electron chi connectivity index (χ4n) is 0.685. The minimum absolute atomic E-state index is 0. The Morgan fingerprint density at radius 2 is 1.75 bits per heavy atom. The van der Waals surface area contributed by atoms with Gasteiger partial charge in [-0.3, -0.25) is 0 Å². The van der Waals surface area contributed by atoms with Gasteiger partial charge < -0.3 is 9.84 Å². The van der Waals surface area contributed by atoms with Gasteiger partial charge in [0.05, 0.1) is 6.10 Å².